The number of hydrogen-bond donors (Lipinski definition) is 2. The summed E-state index contributed by atoms with van der Waals surface area (Å²) in [6, 6.07) is 14.4. The molecule has 5 heteroatoms. The number of benzene rings is 2. The first kappa shape index (κ1) is 11.4. The second kappa shape index (κ2) is 7.18. The fourth-order valence-corrected chi connectivity index (χ4v) is 2.17. The van der Waals surface area contributed by atoms with Gasteiger partial charge in [0, 0.05) is 23.9 Å². The summed E-state index contributed by atoms with van der Waals surface area (Å²) in [5, 5.41) is 12.3. The Morgan fingerprint density at radius 1 is 1.23 bits per heavy atom. The minimum absolute atomic E-state index is 0. The van der Waals surface area contributed by atoms with E-state index in [4.69, 9.17) is 5.48 Å². The van der Waals surface area contributed by atoms with Gasteiger partial charge < -0.3 is 15.3 Å². The summed E-state index contributed by atoms with van der Waals surface area (Å²) in [7, 11) is 0. The molecule has 0 aliphatic carbocycles. The molecule has 0 fully saturated rings. The first-order valence-corrected chi connectivity index (χ1v) is 6.68. The molecule has 0 aromatic heterocycles. The molecule has 3 rings (SSSR count). The van der Waals surface area contributed by atoms with E-state index in [-0.39, 0.29) is 30.5 Å². The molecule has 0 atom stereocenters. The summed E-state index contributed by atoms with van der Waals surface area (Å²) in [5.41, 5.74) is 2.62. The number of anilines is 2. The Morgan fingerprint density at radius 2 is 2.00 bits per heavy atom. The van der Waals surface area contributed by atoms with Gasteiger partial charge in [-0.05, 0) is 31.2 Å². The first-order valence-electron chi connectivity index (χ1n) is 8.68. The number of aromatic hydroxyl groups is 1. The molecular weight excluding hydrogens is 298 g/mol. The normalized spacial score (nSPS) is 20.3. The molecule has 4 nitrogen and oxygen atoms in total. The number of phenolic OH excluding ortho intramolecular Hbond substituents is 1. The number of nitrogens with zero attached hydrogens (tertiary/aromatic N) is 2. The summed E-state index contributed by atoms with van der Waals surface area (Å²) >= 11 is 0. The van der Waals surface area contributed by atoms with E-state index < -0.39 is 13.0 Å². The molecule has 0 unspecified atom stereocenters. The van der Waals surface area contributed by atoms with Gasteiger partial charge in [-0.15, -0.1) is 12.4 Å². The number of amidine groups is 1. The average molecular weight is 322 g/mol. The van der Waals surface area contributed by atoms with Gasteiger partial charge in [0.05, 0.1) is 18.5 Å². The second-order valence-corrected chi connectivity index (χ2v) is 4.86. The smallest absolute Gasteiger partial charge is 0.117 e. The summed E-state index contributed by atoms with van der Waals surface area (Å²) in [4.78, 5) is 5.70. The van der Waals surface area contributed by atoms with Gasteiger partial charge in [0.15, 0.2) is 0 Å². The standard InChI is InChI=1S/C17H19N3O.ClH/c1-13-5-7-14(8-6-13)20(12-17-18-9-10-19-17)15-3-2-4-16(21)11-15;/h2-8,11,21H,9-10,12H2,1H3,(H,18,19);1H/i9D2,10D2;. The molecular formula is C17H20ClN3O. The van der Waals surface area contributed by atoms with Crippen molar-refractivity contribution in [3.8, 4) is 5.75 Å². The minimum Gasteiger partial charge on any atom is -0.508 e. The number of phenols is 1. The van der Waals surface area contributed by atoms with Crippen LogP contribution in [0.3, 0.4) is 0 Å². The number of nitrogens with one attached hydrogen (secondary N) is 1. The van der Waals surface area contributed by atoms with Crippen LogP contribution < -0.4 is 10.2 Å². The minimum atomic E-state index is -2.33. The molecule has 116 valence electrons. The molecule has 2 aromatic carbocycles. The largest absolute Gasteiger partial charge is 0.508 e. The number of halogens is 1. The quantitative estimate of drug-likeness (QED) is 0.908. The average Bonchev–Trinajstić information content (AvgIpc) is 2.73. The van der Waals surface area contributed by atoms with Crippen LogP contribution in [0.15, 0.2) is 53.5 Å². The van der Waals surface area contributed by atoms with Gasteiger partial charge in [0.1, 0.15) is 11.6 Å². The molecule has 1 aliphatic heterocycles. The third-order valence-electron chi connectivity index (χ3n) is 3.25. The van der Waals surface area contributed by atoms with Crippen LogP contribution in [-0.4, -0.2) is 30.5 Å². The maximum absolute atomic E-state index is 9.79. The first-order chi connectivity index (χ1) is 11.7. The summed E-state index contributed by atoms with van der Waals surface area (Å²) < 4.78 is 30.9. The van der Waals surface area contributed by atoms with Gasteiger partial charge in [0.25, 0.3) is 0 Å². The predicted octanol–water partition coefficient (Wildman–Crippen LogP) is 3.26. The number of rotatable bonds is 4. The summed E-state index contributed by atoms with van der Waals surface area (Å²) in [6.45, 7) is -2.47. The van der Waals surface area contributed by atoms with Crippen LogP contribution in [0.1, 0.15) is 11.0 Å². The van der Waals surface area contributed by atoms with Gasteiger partial charge in [-0.2, -0.15) is 0 Å². The Morgan fingerprint density at radius 3 is 2.64 bits per heavy atom. The third-order valence-corrected chi connectivity index (χ3v) is 3.25. The maximum atomic E-state index is 9.79. The van der Waals surface area contributed by atoms with Crippen molar-refractivity contribution in [2.24, 2.45) is 4.99 Å². The Kier molecular flexibility index (Phi) is 3.71. The lowest BCUT2D eigenvalue weighted by Gasteiger charge is -2.25. The molecule has 2 N–H and O–H groups in total. The lowest BCUT2D eigenvalue weighted by atomic mass is 10.2. The molecule has 0 amide bonds. The van der Waals surface area contributed by atoms with Crippen LogP contribution in [0.2, 0.25) is 0 Å². The summed E-state index contributed by atoms with van der Waals surface area (Å²) in [5.74, 6) is 0.320. The highest BCUT2D eigenvalue weighted by Gasteiger charge is 2.14. The van der Waals surface area contributed by atoms with E-state index in [0.29, 0.717) is 5.69 Å². The number of hydrogen-bond acceptors (Lipinski definition) is 4. The molecule has 1 aliphatic rings. The summed E-state index contributed by atoms with van der Waals surface area (Å²) in [6.07, 6.45) is 0. The third kappa shape index (κ3) is 3.71. The molecule has 0 saturated carbocycles. The molecule has 0 saturated heterocycles. The van der Waals surface area contributed by atoms with Gasteiger partial charge in [-0.3, -0.25) is 4.99 Å². The molecule has 22 heavy (non-hydrogen) atoms. The van der Waals surface area contributed by atoms with E-state index in [1.165, 1.54) is 0 Å². The molecule has 0 radical (unpaired) electrons. The van der Waals surface area contributed by atoms with E-state index >= 15 is 0 Å². The van der Waals surface area contributed by atoms with Crippen molar-refractivity contribution in [1.29, 1.82) is 0 Å². The zero-order chi connectivity index (χ0) is 18.2. The fraction of sp³-hybridized carbons (Fsp3) is 0.235. The van der Waals surface area contributed by atoms with Crippen molar-refractivity contribution in [1.82, 2.24) is 5.32 Å². The predicted molar refractivity (Wildman–Crippen MR) is 93.8 cm³/mol. The maximum Gasteiger partial charge on any atom is 0.117 e. The van der Waals surface area contributed by atoms with E-state index in [9.17, 15) is 5.11 Å². The topological polar surface area (TPSA) is 47.9 Å². The van der Waals surface area contributed by atoms with Gasteiger partial charge in [0.2, 0.25) is 0 Å². The van der Waals surface area contributed by atoms with E-state index in [1.807, 2.05) is 42.2 Å². The van der Waals surface area contributed by atoms with Crippen molar-refractivity contribution in [3.63, 3.8) is 0 Å². The molecule has 2 aromatic rings. The Labute approximate surface area is 142 Å². The zero-order valence-corrected chi connectivity index (χ0v) is 12.9. The van der Waals surface area contributed by atoms with Crippen molar-refractivity contribution < 1.29 is 10.6 Å². The Balaban J connectivity index is 0.00000243. The molecule has 1 heterocycles. The van der Waals surface area contributed by atoms with Crippen LogP contribution in [-0.2, 0) is 0 Å². The Bertz CT molecular complexity index is 812. The van der Waals surface area contributed by atoms with Crippen molar-refractivity contribution in [2.45, 2.75) is 6.92 Å². The lowest BCUT2D eigenvalue weighted by Crippen LogP contribution is -2.32. The van der Waals surface area contributed by atoms with Crippen LogP contribution >= 0.6 is 12.4 Å². The zero-order valence-electron chi connectivity index (χ0n) is 16.1. The highest BCUT2D eigenvalue weighted by atomic mass is 35.5. The highest BCUT2D eigenvalue weighted by Crippen LogP contribution is 2.28. The molecule has 0 bridgehead atoms. The molecule has 0 spiro atoms. The number of aryl methyl sites for hydroxylation is 1. The van der Waals surface area contributed by atoms with Gasteiger partial charge in [-0.1, -0.05) is 23.8 Å². The Hall–Kier alpha value is -2.20. The SMILES string of the molecule is Cl.[2H]C1([2H])N=C(CN(c2ccc(C)cc2)c2cccc(O)c2)NC1([2H])[2H]. The monoisotopic (exact) mass is 321 g/mol. The highest BCUT2D eigenvalue weighted by molar-refractivity contribution is 5.90. The fourth-order valence-electron chi connectivity index (χ4n) is 2.17. The van der Waals surface area contributed by atoms with E-state index in [0.717, 1.165) is 11.3 Å². The van der Waals surface area contributed by atoms with Gasteiger partial charge in [-0.25, -0.2) is 0 Å². The second-order valence-electron chi connectivity index (χ2n) is 4.86. The van der Waals surface area contributed by atoms with Crippen LogP contribution in [0.5, 0.6) is 5.75 Å². The van der Waals surface area contributed by atoms with Crippen molar-refractivity contribution in [3.05, 3.63) is 54.1 Å². The van der Waals surface area contributed by atoms with Crippen LogP contribution in [0.4, 0.5) is 11.4 Å². The van der Waals surface area contributed by atoms with Crippen molar-refractivity contribution in [2.75, 3.05) is 24.4 Å². The van der Waals surface area contributed by atoms with Crippen LogP contribution in [0.25, 0.3) is 0 Å². The van der Waals surface area contributed by atoms with E-state index in [2.05, 4.69) is 10.3 Å². The van der Waals surface area contributed by atoms with Crippen molar-refractivity contribution >= 4 is 29.6 Å². The number of aliphatic imine (C=N–C) groups is 1. The van der Waals surface area contributed by atoms with E-state index in [1.54, 1.807) is 18.2 Å². The van der Waals surface area contributed by atoms with Crippen LogP contribution in [0, 0.1) is 6.92 Å². The lowest BCUT2D eigenvalue weighted by molar-refractivity contribution is 0.475. The van der Waals surface area contributed by atoms with Gasteiger partial charge >= 0.3 is 0 Å².